The summed E-state index contributed by atoms with van der Waals surface area (Å²) in [6.07, 6.45) is 4.13. The van der Waals surface area contributed by atoms with E-state index in [1.165, 1.54) is 24.8 Å². The lowest BCUT2D eigenvalue weighted by Crippen LogP contribution is -2.20. The van der Waals surface area contributed by atoms with Gasteiger partial charge >= 0.3 is 0 Å². The second-order valence-corrected chi connectivity index (χ2v) is 5.22. The topological polar surface area (TPSA) is 0 Å². The lowest BCUT2D eigenvalue weighted by Gasteiger charge is -2.26. The molecule has 0 heterocycles. The lowest BCUT2D eigenvalue weighted by atomic mass is 9.83. The van der Waals surface area contributed by atoms with Crippen molar-refractivity contribution in [2.45, 2.75) is 30.6 Å². The Labute approximate surface area is 90.3 Å². The Morgan fingerprint density at radius 2 is 1.71 bits per heavy atom. The Hall–Kier alpha value is -0.490. The average molecular weight is 207 g/mol. The summed E-state index contributed by atoms with van der Waals surface area (Å²) in [6, 6.07) is 10.8. The van der Waals surface area contributed by atoms with E-state index in [-0.39, 0.29) is 0 Å². The Bertz CT molecular complexity index is 317. The van der Waals surface area contributed by atoms with Crippen LogP contribution in [0.15, 0.2) is 30.3 Å². The van der Waals surface area contributed by atoms with Crippen molar-refractivity contribution in [1.82, 2.24) is 0 Å². The number of benzene rings is 1. The molecule has 1 heteroatoms. The Morgan fingerprint density at radius 3 is 2.36 bits per heavy atom. The van der Waals surface area contributed by atoms with E-state index >= 15 is 0 Å². The smallest absolute Gasteiger partial charge is 0.0435 e. The minimum atomic E-state index is 0.399. The van der Waals surface area contributed by atoms with Gasteiger partial charge in [-0.25, -0.2) is 0 Å². The molecule has 2 saturated carbocycles. The first-order chi connectivity index (χ1) is 6.86. The van der Waals surface area contributed by atoms with Crippen LogP contribution in [0.1, 0.15) is 30.7 Å². The molecule has 0 nitrogen and oxygen atoms in total. The molecule has 1 aromatic carbocycles. The van der Waals surface area contributed by atoms with Gasteiger partial charge in [0, 0.05) is 11.3 Å². The minimum Gasteiger partial charge on any atom is -0.122 e. The van der Waals surface area contributed by atoms with Crippen molar-refractivity contribution in [3.8, 4) is 0 Å². The van der Waals surface area contributed by atoms with Crippen LogP contribution in [-0.2, 0) is 0 Å². The highest BCUT2D eigenvalue weighted by atomic mass is 35.5. The van der Waals surface area contributed by atoms with Crippen molar-refractivity contribution in [3.63, 3.8) is 0 Å². The van der Waals surface area contributed by atoms with Crippen molar-refractivity contribution < 1.29 is 0 Å². The van der Waals surface area contributed by atoms with E-state index in [9.17, 15) is 0 Å². The average Bonchev–Trinajstić information content (AvgIpc) is 2.79. The van der Waals surface area contributed by atoms with Gasteiger partial charge in [0.15, 0.2) is 0 Å². The van der Waals surface area contributed by atoms with Gasteiger partial charge in [-0.2, -0.15) is 0 Å². The molecule has 4 unspecified atom stereocenters. The molecule has 0 N–H and O–H groups in total. The molecule has 0 spiro atoms. The van der Waals surface area contributed by atoms with Crippen molar-refractivity contribution >= 4 is 11.6 Å². The van der Waals surface area contributed by atoms with Gasteiger partial charge in [-0.3, -0.25) is 0 Å². The first kappa shape index (κ1) is 8.79. The van der Waals surface area contributed by atoms with Gasteiger partial charge in [0.05, 0.1) is 0 Å². The number of hydrogen-bond acceptors (Lipinski definition) is 0. The highest BCUT2D eigenvalue weighted by Gasteiger charge is 2.46. The molecule has 2 fully saturated rings. The normalized spacial score (nSPS) is 40.4. The highest BCUT2D eigenvalue weighted by molar-refractivity contribution is 6.21. The van der Waals surface area contributed by atoms with E-state index in [0.717, 1.165) is 11.8 Å². The van der Waals surface area contributed by atoms with E-state index < -0.39 is 0 Å². The Balaban J connectivity index is 1.93. The number of halogens is 1. The molecule has 3 rings (SSSR count). The number of hydrogen-bond donors (Lipinski definition) is 0. The summed E-state index contributed by atoms with van der Waals surface area (Å²) in [6.45, 7) is 0. The lowest BCUT2D eigenvalue weighted by molar-refractivity contribution is 0.426. The zero-order valence-electron chi connectivity index (χ0n) is 8.20. The highest BCUT2D eigenvalue weighted by Crippen LogP contribution is 2.55. The van der Waals surface area contributed by atoms with Crippen molar-refractivity contribution in [1.29, 1.82) is 0 Å². The maximum absolute atomic E-state index is 6.51. The molecule has 4 atom stereocenters. The van der Waals surface area contributed by atoms with Crippen molar-refractivity contribution in [3.05, 3.63) is 35.9 Å². The summed E-state index contributed by atoms with van der Waals surface area (Å²) in [7, 11) is 0. The Kier molecular flexibility index (Phi) is 2.05. The first-order valence-electron chi connectivity index (χ1n) is 5.55. The summed E-state index contributed by atoms with van der Waals surface area (Å²) >= 11 is 6.51. The van der Waals surface area contributed by atoms with Crippen LogP contribution >= 0.6 is 11.6 Å². The van der Waals surface area contributed by atoms with Gasteiger partial charge in [0.1, 0.15) is 0 Å². The van der Waals surface area contributed by atoms with Gasteiger partial charge in [-0.15, -0.1) is 11.6 Å². The van der Waals surface area contributed by atoms with Crippen LogP contribution in [0.3, 0.4) is 0 Å². The van der Waals surface area contributed by atoms with Crippen LogP contribution in [0.4, 0.5) is 0 Å². The standard InChI is InChI=1S/C13H15Cl/c14-13-11-7-6-10(8-11)12(13)9-4-2-1-3-5-9/h1-5,10-13H,6-8H2. The molecular weight excluding hydrogens is 192 g/mol. The van der Waals surface area contributed by atoms with Crippen molar-refractivity contribution in [2.75, 3.05) is 0 Å². The van der Waals surface area contributed by atoms with Crippen LogP contribution in [0.25, 0.3) is 0 Å². The van der Waals surface area contributed by atoms with Gasteiger partial charge in [0.2, 0.25) is 0 Å². The molecule has 74 valence electrons. The third-order valence-corrected chi connectivity index (χ3v) is 4.63. The molecule has 0 aromatic heterocycles. The zero-order chi connectivity index (χ0) is 9.54. The molecular formula is C13H15Cl. The van der Waals surface area contributed by atoms with E-state index in [1.54, 1.807) is 0 Å². The molecule has 1 aromatic rings. The summed E-state index contributed by atoms with van der Waals surface area (Å²) in [5, 5.41) is 0.399. The van der Waals surface area contributed by atoms with Crippen molar-refractivity contribution in [2.24, 2.45) is 11.8 Å². The van der Waals surface area contributed by atoms with Crippen LogP contribution < -0.4 is 0 Å². The first-order valence-corrected chi connectivity index (χ1v) is 5.99. The number of rotatable bonds is 1. The maximum Gasteiger partial charge on any atom is 0.0435 e. The molecule has 14 heavy (non-hydrogen) atoms. The molecule has 2 bridgehead atoms. The van der Waals surface area contributed by atoms with E-state index in [0.29, 0.717) is 11.3 Å². The second-order valence-electron chi connectivity index (χ2n) is 4.71. The third kappa shape index (κ3) is 1.20. The fourth-order valence-corrected chi connectivity index (χ4v) is 3.93. The van der Waals surface area contributed by atoms with Crippen LogP contribution in [0, 0.1) is 11.8 Å². The Morgan fingerprint density at radius 1 is 1.00 bits per heavy atom. The maximum atomic E-state index is 6.51. The molecule has 2 aliphatic carbocycles. The third-order valence-electron chi connectivity index (χ3n) is 4.00. The fourth-order valence-electron chi connectivity index (χ4n) is 3.35. The SMILES string of the molecule is ClC1C2CCC(C2)C1c1ccccc1. The van der Waals surface area contributed by atoms with Gasteiger partial charge < -0.3 is 0 Å². The number of fused-ring (bicyclic) bond motifs is 2. The predicted octanol–water partition coefficient (Wildman–Crippen LogP) is 3.81. The molecule has 0 saturated heterocycles. The van der Waals surface area contributed by atoms with Gasteiger partial charge in [-0.1, -0.05) is 30.3 Å². The summed E-state index contributed by atoms with van der Waals surface area (Å²) in [4.78, 5) is 0. The van der Waals surface area contributed by atoms with E-state index in [4.69, 9.17) is 11.6 Å². The quantitative estimate of drug-likeness (QED) is 0.613. The summed E-state index contributed by atoms with van der Waals surface area (Å²) < 4.78 is 0. The molecule has 0 radical (unpaired) electrons. The molecule has 0 aliphatic heterocycles. The largest absolute Gasteiger partial charge is 0.122 e. The minimum absolute atomic E-state index is 0.399. The summed E-state index contributed by atoms with van der Waals surface area (Å²) in [5.74, 6) is 2.30. The van der Waals surface area contributed by atoms with Crippen LogP contribution in [0.5, 0.6) is 0 Å². The monoisotopic (exact) mass is 206 g/mol. The second kappa shape index (κ2) is 3.27. The van der Waals surface area contributed by atoms with Gasteiger partial charge in [-0.05, 0) is 36.7 Å². The van der Waals surface area contributed by atoms with Crippen LogP contribution in [-0.4, -0.2) is 5.38 Å². The fraction of sp³-hybridized carbons (Fsp3) is 0.538. The summed E-state index contributed by atoms with van der Waals surface area (Å²) in [5.41, 5.74) is 1.46. The molecule has 2 aliphatic rings. The number of alkyl halides is 1. The van der Waals surface area contributed by atoms with E-state index in [1.807, 2.05) is 0 Å². The molecule has 0 amide bonds. The van der Waals surface area contributed by atoms with E-state index in [2.05, 4.69) is 30.3 Å². The predicted molar refractivity (Wildman–Crippen MR) is 59.7 cm³/mol. The van der Waals surface area contributed by atoms with Gasteiger partial charge in [0.25, 0.3) is 0 Å². The van der Waals surface area contributed by atoms with Crippen LogP contribution in [0.2, 0.25) is 0 Å². The zero-order valence-corrected chi connectivity index (χ0v) is 8.95.